The highest BCUT2D eigenvalue weighted by atomic mass is 16.2. The maximum absolute atomic E-state index is 12.7. The average molecular weight is 346 g/mol. The first kappa shape index (κ1) is 18.9. The number of nitrogens with one attached hydrogen (secondary N) is 1. The normalized spacial score (nSPS) is 17.8. The van der Waals surface area contributed by atoms with Crippen molar-refractivity contribution in [2.24, 2.45) is 0 Å². The Kier molecular flexibility index (Phi) is 5.79. The molecule has 0 aromatic heterocycles. The summed E-state index contributed by atoms with van der Waals surface area (Å²) in [5, 5.41) is 2.79. The molecule has 7 heteroatoms. The fourth-order valence-corrected chi connectivity index (χ4v) is 2.80. The second-order valence-electron chi connectivity index (χ2n) is 6.81. The molecule has 25 heavy (non-hydrogen) atoms. The van der Waals surface area contributed by atoms with Crippen LogP contribution in [0, 0.1) is 6.92 Å². The number of amides is 4. The molecule has 7 nitrogen and oxygen atoms in total. The number of imide groups is 1. The van der Waals surface area contributed by atoms with Crippen LogP contribution < -0.4 is 10.2 Å². The fraction of sp³-hybridized carbons (Fsp3) is 0.500. The van der Waals surface area contributed by atoms with E-state index < -0.39 is 6.04 Å². The summed E-state index contributed by atoms with van der Waals surface area (Å²) in [6.45, 7) is 7.64. The van der Waals surface area contributed by atoms with Crippen molar-refractivity contribution in [1.29, 1.82) is 0 Å². The first-order valence-corrected chi connectivity index (χ1v) is 8.40. The van der Waals surface area contributed by atoms with Gasteiger partial charge in [0.25, 0.3) is 5.91 Å². The monoisotopic (exact) mass is 346 g/mol. The van der Waals surface area contributed by atoms with E-state index in [1.54, 1.807) is 18.9 Å². The molecule has 1 fully saturated rings. The van der Waals surface area contributed by atoms with Crippen LogP contribution in [-0.2, 0) is 9.59 Å². The van der Waals surface area contributed by atoms with Gasteiger partial charge in [0.1, 0.15) is 6.04 Å². The first-order chi connectivity index (χ1) is 11.7. The highest BCUT2D eigenvalue weighted by Crippen LogP contribution is 2.26. The molecule has 0 unspecified atom stereocenters. The van der Waals surface area contributed by atoms with Gasteiger partial charge in [-0.25, -0.2) is 9.69 Å². The van der Waals surface area contributed by atoms with Crippen molar-refractivity contribution in [2.45, 2.75) is 39.8 Å². The van der Waals surface area contributed by atoms with Gasteiger partial charge < -0.3 is 5.32 Å². The van der Waals surface area contributed by atoms with E-state index in [4.69, 9.17) is 0 Å². The molecule has 1 aliphatic rings. The van der Waals surface area contributed by atoms with Gasteiger partial charge in [0.2, 0.25) is 5.91 Å². The van der Waals surface area contributed by atoms with Crippen molar-refractivity contribution < 1.29 is 14.4 Å². The molecule has 0 spiro atoms. The third-order valence-corrected chi connectivity index (χ3v) is 4.01. The van der Waals surface area contributed by atoms with E-state index in [1.165, 1.54) is 9.80 Å². The third kappa shape index (κ3) is 4.36. The molecule has 0 bridgehead atoms. The average Bonchev–Trinajstić information content (AvgIpc) is 2.71. The number of carbonyl (C=O) groups is 3. The lowest BCUT2D eigenvalue weighted by molar-refractivity contribution is -0.130. The van der Waals surface area contributed by atoms with Gasteiger partial charge in [0, 0.05) is 11.7 Å². The minimum Gasteiger partial charge on any atom is -0.353 e. The van der Waals surface area contributed by atoms with Crippen LogP contribution in [0.5, 0.6) is 0 Å². The zero-order valence-corrected chi connectivity index (χ0v) is 15.4. The van der Waals surface area contributed by atoms with Crippen molar-refractivity contribution in [2.75, 3.05) is 25.2 Å². The Hall–Kier alpha value is -2.41. The van der Waals surface area contributed by atoms with Crippen molar-refractivity contribution in [3.05, 3.63) is 29.8 Å². The molecule has 0 aliphatic carbocycles. The molecule has 136 valence electrons. The second kappa shape index (κ2) is 7.65. The Morgan fingerprint density at radius 1 is 1.24 bits per heavy atom. The number of hydrogen-bond donors (Lipinski definition) is 1. The zero-order chi connectivity index (χ0) is 18.7. The summed E-state index contributed by atoms with van der Waals surface area (Å²) in [5.41, 5.74) is 1.78. The van der Waals surface area contributed by atoms with E-state index in [0.29, 0.717) is 5.69 Å². The summed E-state index contributed by atoms with van der Waals surface area (Å²) in [5.74, 6) is -0.401. The van der Waals surface area contributed by atoms with Gasteiger partial charge in [0.15, 0.2) is 0 Å². The number of anilines is 1. The largest absolute Gasteiger partial charge is 0.353 e. The maximum Gasteiger partial charge on any atom is 0.333 e. The van der Waals surface area contributed by atoms with Crippen LogP contribution in [0.3, 0.4) is 0 Å². The molecule has 2 rings (SSSR count). The summed E-state index contributed by atoms with van der Waals surface area (Å²) in [7, 11) is 1.71. The van der Waals surface area contributed by atoms with E-state index in [1.807, 2.05) is 45.0 Å². The van der Waals surface area contributed by atoms with Crippen LogP contribution in [0.15, 0.2) is 24.3 Å². The minimum absolute atomic E-state index is 0.0491. The number of nitrogens with zero attached hydrogens (tertiary/aromatic N) is 3. The molecule has 1 heterocycles. The molecule has 1 N–H and O–H groups in total. The standard InChI is InChI=1S/C18H26N4O3/c1-12(2)19-16(23)10-20(5)11-21-17(24)14(4)22(18(21)25)15-8-6-13(3)7-9-15/h6-9,12,14H,10-11H2,1-5H3,(H,19,23)/t14-/m0/s1. The summed E-state index contributed by atoms with van der Waals surface area (Å²) in [6, 6.07) is 6.61. The van der Waals surface area contributed by atoms with Crippen molar-refractivity contribution in [3.8, 4) is 0 Å². The highest BCUT2D eigenvalue weighted by Gasteiger charge is 2.43. The van der Waals surface area contributed by atoms with Crippen LogP contribution in [-0.4, -0.2) is 60.0 Å². The summed E-state index contributed by atoms with van der Waals surface area (Å²) >= 11 is 0. The van der Waals surface area contributed by atoms with Gasteiger partial charge >= 0.3 is 6.03 Å². The van der Waals surface area contributed by atoms with Crippen molar-refractivity contribution in [3.63, 3.8) is 0 Å². The Labute approximate surface area is 148 Å². The zero-order valence-electron chi connectivity index (χ0n) is 15.4. The highest BCUT2D eigenvalue weighted by molar-refractivity contribution is 6.14. The fourth-order valence-electron chi connectivity index (χ4n) is 2.80. The number of hydrogen-bond acceptors (Lipinski definition) is 4. The topological polar surface area (TPSA) is 73.0 Å². The van der Waals surface area contributed by atoms with Crippen LogP contribution in [0.25, 0.3) is 0 Å². The third-order valence-electron chi connectivity index (χ3n) is 4.01. The summed E-state index contributed by atoms with van der Waals surface area (Å²) in [6.07, 6.45) is 0. The lowest BCUT2D eigenvalue weighted by Crippen LogP contribution is -2.45. The summed E-state index contributed by atoms with van der Waals surface area (Å²) < 4.78 is 0. The molecule has 1 aliphatic heterocycles. The Balaban J connectivity index is 2.07. The molecule has 1 aromatic rings. The van der Waals surface area contributed by atoms with Gasteiger partial charge in [0.05, 0.1) is 13.2 Å². The van der Waals surface area contributed by atoms with Crippen molar-refractivity contribution in [1.82, 2.24) is 15.1 Å². The molecule has 4 amide bonds. The van der Waals surface area contributed by atoms with E-state index in [2.05, 4.69) is 5.32 Å². The Morgan fingerprint density at radius 3 is 2.40 bits per heavy atom. The maximum atomic E-state index is 12.7. The van der Waals surface area contributed by atoms with Gasteiger partial charge in [-0.05, 0) is 46.9 Å². The Morgan fingerprint density at radius 2 is 1.84 bits per heavy atom. The molecular weight excluding hydrogens is 320 g/mol. The predicted molar refractivity (Wildman–Crippen MR) is 96.1 cm³/mol. The minimum atomic E-state index is -0.562. The molecule has 1 aromatic carbocycles. The lowest BCUT2D eigenvalue weighted by Gasteiger charge is -2.23. The number of urea groups is 1. The van der Waals surface area contributed by atoms with Gasteiger partial charge in [-0.3, -0.25) is 19.4 Å². The van der Waals surface area contributed by atoms with Gasteiger partial charge in [-0.2, -0.15) is 0 Å². The van der Waals surface area contributed by atoms with E-state index >= 15 is 0 Å². The van der Waals surface area contributed by atoms with Gasteiger partial charge in [-0.15, -0.1) is 0 Å². The predicted octanol–water partition coefficient (Wildman–Crippen LogP) is 1.57. The number of aryl methyl sites for hydroxylation is 1. The van der Waals surface area contributed by atoms with Crippen molar-refractivity contribution >= 4 is 23.5 Å². The second-order valence-corrected chi connectivity index (χ2v) is 6.81. The number of benzene rings is 1. The van der Waals surface area contributed by atoms with E-state index in [9.17, 15) is 14.4 Å². The van der Waals surface area contributed by atoms with E-state index in [0.717, 1.165) is 5.56 Å². The molecule has 1 atom stereocenters. The van der Waals surface area contributed by atoms with E-state index in [-0.39, 0.29) is 37.1 Å². The quantitative estimate of drug-likeness (QED) is 0.794. The molecule has 1 saturated heterocycles. The lowest BCUT2D eigenvalue weighted by atomic mass is 10.2. The van der Waals surface area contributed by atoms with Crippen LogP contribution in [0.4, 0.5) is 10.5 Å². The van der Waals surface area contributed by atoms with Gasteiger partial charge in [-0.1, -0.05) is 17.7 Å². The number of likely N-dealkylation sites (N-methyl/N-ethyl adjacent to an activating group) is 1. The molecular formula is C18H26N4O3. The van der Waals surface area contributed by atoms with Crippen LogP contribution >= 0.6 is 0 Å². The SMILES string of the molecule is Cc1ccc(N2C(=O)N(CN(C)CC(=O)NC(C)C)C(=O)[C@@H]2C)cc1. The number of carbonyl (C=O) groups excluding carboxylic acids is 3. The van der Waals surface area contributed by atoms with Crippen LogP contribution in [0.1, 0.15) is 26.3 Å². The Bertz CT molecular complexity index is 657. The molecule has 0 saturated carbocycles. The number of rotatable bonds is 6. The first-order valence-electron chi connectivity index (χ1n) is 8.40. The smallest absolute Gasteiger partial charge is 0.333 e. The molecule has 0 radical (unpaired) electrons. The summed E-state index contributed by atoms with van der Waals surface area (Å²) in [4.78, 5) is 41.4. The van der Waals surface area contributed by atoms with Crippen LogP contribution in [0.2, 0.25) is 0 Å².